The van der Waals surface area contributed by atoms with Crippen molar-refractivity contribution >= 4 is 5.97 Å². The molecule has 0 bridgehead atoms. The number of hydrogen-bond acceptors (Lipinski definition) is 5. The van der Waals surface area contributed by atoms with Gasteiger partial charge in [-0.3, -0.25) is 0 Å². The van der Waals surface area contributed by atoms with Crippen LogP contribution >= 0.6 is 0 Å². The van der Waals surface area contributed by atoms with Crippen molar-refractivity contribution in [3.05, 3.63) is 35.9 Å². The monoisotopic (exact) mass is 226 g/mol. The predicted octanol–water partition coefficient (Wildman–Crippen LogP) is -3.66. The molecule has 6 nitrogen and oxygen atoms in total. The Labute approximate surface area is 114 Å². The normalized spacial score (nSPS) is 9.56. The average molecular weight is 226 g/mol. The minimum atomic E-state index is -1.33. The van der Waals surface area contributed by atoms with Gasteiger partial charge in [-0.25, -0.2) is 9.67 Å². The average Bonchev–Trinajstić information content (AvgIpc) is 2.70. The van der Waals surface area contributed by atoms with Gasteiger partial charge in [0.1, 0.15) is 5.69 Å². The van der Waals surface area contributed by atoms with Crippen molar-refractivity contribution in [3.63, 3.8) is 0 Å². The third kappa shape index (κ3) is 2.46. The third-order valence-electron chi connectivity index (χ3n) is 1.88. The summed E-state index contributed by atoms with van der Waals surface area (Å²) < 4.78 is 1.33. The first-order chi connectivity index (χ1) is 7.18. The van der Waals surface area contributed by atoms with Crippen molar-refractivity contribution in [2.24, 2.45) is 0 Å². The molecule has 16 heavy (non-hydrogen) atoms. The molecule has 0 amide bonds. The van der Waals surface area contributed by atoms with Gasteiger partial charge in [-0.1, -0.05) is 5.21 Å². The van der Waals surface area contributed by atoms with E-state index in [9.17, 15) is 9.90 Å². The largest absolute Gasteiger partial charge is 1.00 e. The van der Waals surface area contributed by atoms with E-state index in [1.54, 1.807) is 25.3 Å². The zero-order chi connectivity index (χ0) is 10.8. The van der Waals surface area contributed by atoms with Crippen LogP contribution in [0.3, 0.4) is 0 Å². The molecule has 0 aliphatic heterocycles. The molecule has 2 heterocycles. The summed E-state index contributed by atoms with van der Waals surface area (Å²) >= 11 is 0. The van der Waals surface area contributed by atoms with Gasteiger partial charge in [0.05, 0.1) is 24.1 Å². The third-order valence-corrected chi connectivity index (χ3v) is 1.88. The van der Waals surface area contributed by atoms with Crippen molar-refractivity contribution in [1.82, 2.24) is 20.0 Å². The van der Waals surface area contributed by atoms with Crippen molar-refractivity contribution in [2.75, 3.05) is 0 Å². The Kier molecular flexibility index (Phi) is 4.17. The van der Waals surface area contributed by atoms with E-state index in [2.05, 4.69) is 15.3 Å². The molecule has 0 radical (unpaired) electrons. The fraction of sp³-hybridized carbons (Fsp3) is 0.111. The molecule has 2 aromatic heterocycles. The van der Waals surface area contributed by atoms with Crippen LogP contribution in [0.2, 0.25) is 0 Å². The second-order valence-electron chi connectivity index (χ2n) is 2.96. The van der Waals surface area contributed by atoms with E-state index in [0.717, 1.165) is 0 Å². The van der Waals surface area contributed by atoms with Crippen molar-refractivity contribution < 1.29 is 39.5 Å². The number of aryl methyl sites for hydroxylation is 1. The van der Waals surface area contributed by atoms with Crippen LogP contribution in [0, 0.1) is 6.92 Å². The van der Waals surface area contributed by atoms with E-state index >= 15 is 0 Å². The van der Waals surface area contributed by atoms with Gasteiger partial charge in [0, 0.05) is 5.69 Å². The molecule has 0 saturated heterocycles. The minimum Gasteiger partial charge on any atom is -0.543 e. The topological polar surface area (TPSA) is 83.7 Å². The first-order valence-corrected chi connectivity index (χ1v) is 4.24. The maximum Gasteiger partial charge on any atom is 1.00 e. The minimum absolute atomic E-state index is 0. The molecular formula is C9H7N4NaO2. The number of aromatic carboxylic acids is 1. The smallest absolute Gasteiger partial charge is 0.543 e. The van der Waals surface area contributed by atoms with Crippen LogP contribution in [0.5, 0.6) is 0 Å². The fourth-order valence-electron chi connectivity index (χ4n) is 1.22. The van der Waals surface area contributed by atoms with Crippen LogP contribution in [-0.4, -0.2) is 25.9 Å². The number of nitrogens with zero attached hydrogens (tertiary/aromatic N) is 4. The molecule has 2 aromatic rings. The van der Waals surface area contributed by atoms with Crippen molar-refractivity contribution in [1.29, 1.82) is 0 Å². The van der Waals surface area contributed by atoms with Gasteiger partial charge in [-0.2, -0.15) is 0 Å². The Hall–Kier alpha value is -1.24. The SMILES string of the molecule is Cc1ccc(-n2ccnn2)c(C(=O)[O-])n1.[Na+]. The predicted molar refractivity (Wildman–Crippen MR) is 48.2 cm³/mol. The standard InChI is InChI=1S/C9H8N4O2.Na/c1-6-2-3-7(8(11-6)9(14)15)13-5-4-10-12-13;/h2-5H,1H3,(H,14,15);/q;+1/p-1. The summed E-state index contributed by atoms with van der Waals surface area (Å²) in [7, 11) is 0. The van der Waals surface area contributed by atoms with Crippen molar-refractivity contribution in [3.8, 4) is 5.69 Å². The molecular weight excluding hydrogens is 219 g/mol. The summed E-state index contributed by atoms with van der Waals surface area (Å²) in [4.78, 5) is 14.7. The second kappa shape index (κ2) is 5.20. The molecule has 0 atom stereocenters. The molecule has 0 fully saturated rings. The molecule has 0 aliphatic carbocycles. The zero-order valence-electron chi connectivity index (χ0n) is 8.91. The van der Waals surface area contributed by atoms with Crippen LogP contribution in [0.15, 0.2) is 24.5 Å². The number of carbonyl (C=O) groups excluding carboxylic acids is 1. The van der Waals surface area contributed by atoms with Gasteiger partial charge >= 0.3 is 29.6 Å². The van der Waals surface area contributed by atoms with Crippen molar-refractivity contribution in [2.45, 2.75) is 6.92 Å². The molecule has 0 aliphatic rings. The van der Waals surface area contributed by atoms with Gasteiger partial charge in [-0.15, -0.1) is 5.10 Å². The molecule has 0 N–H and O–H groups in total. The van der Waals surface area contributed by atoms with Gasteiger partial charge in [0.15, 0.2) is 0 Å². The maximum absolute atomic E-state index is 10.8. The van der Waals surface area contributed by atoms with Gasteiger partial charge in [0.25, 0.3) is 0 Å². The molecule has 0 spiro atoms. The Morgan fingerprint density at radius 1 is 1.44 bits per heavy atom. The van der Waals surface area contributed by atoms with Crippen LogP contribution in [0.25, 0.3) is 5.69 Å². The summed E-state index contributed by atoms with van der Waals surface area (Å²) in [6, 6.07) is 3.31. The number of rotatable bonds is 2. The summed E-state index contributed by atoms with van der Waals surface area (Å²) in [5, 5.41) is 18.1. The van der Waals surface area contributed by atoms with Crippen LogP contribution < -0.4 is 34.7 Å². The molecule has 7 heteroatoms. The quantitative estimate of drug-likeness (QED) is 0.493. The van der Waals surface area contributed by atoms with Gasteiger partial charge in [0.2, 0.25) is 0 Å². The maximum atomic E-state index is 10.8. The number of pyridine rings is 1. The van der Waals surface area contributed by atoms with E-state index in [4.69, 9.17) is 0 Å². The summed E-state index contributed by atoms with van der Waals surface area (Å²) in [5.41, 5.74) is 0.816. The van der Waals surface area contributed by atoms with E-state index in [-0.39, 0.29) is 35.3 Å². The van der Waals surface area contributed by atoms with E-state index in [1.807, 2.05) is 0 Å². The second-order valence-corrected chi connectivity index (χ2v) is 2.96. The zero-order valence-corrected chi connectivity index (χ0v) is 10.9. The Morgan fingerprint density at radius 3 is 2.75 bits per heavy atom. The van der Waals surface area contributed by atoms with Gasteiger partial charge in [-0.05, 0) is 19.1 Å². The van der Waals surface area contributed by atoms with E-state index in [0.29, 0.717) is 11.4 Å². The molecule has 0 unspecified atom stereocenters. The van der Waals surface area contributed by atoms with Gasteiger partial charge < -0.3 is 9.90 Å². The first kappa shape index (κ1) is 12.8. The number of carboxylic acid groups (broad SMARTS) is 1. The summed E-state index contributed by atoms with van der Waals surface area (Å²) in [5.74, 6) is -1.33. The summed E-state index contributed by atoms with van der Waals surface area (Å²) in [6.45, 7) is 1.71. The molecule has 0 saturated carbocycles. The molecule has 76 valence electrons. The van der Waals surface area contributed by atoms with E-state index in [1.165, 1.54) is 10.9 Å². The number of aromatic nitrogens is 4. The number of hydrogen-bond donors (Lipinski definition) is 0. The fourth-order valence-corrected chi connectivity index (χ4v) is 1.22. The van der Waals surface area contributed by atoms with Crippen LogP contribution in [-0.2, 0) is 0 Å². The first-order valence-electron chi connectivity index (χ1n) is 4.24. The Balaban J connectivity index is 0.00000128. The van der Waals surface area contributed by atoms with E-state index < -0.39 is 5.97 Å². The Morgan fingerprint density at radius 2 is 2.19 bits per heavy atom. The number of carboxylic acids is 1. The Bertz CT molecular complexity index is 498. The summed E-state index contributed by atoms with van der Waals surface area (Å²) in [6.07, 6.45) is 3.00. The van der Waals surface area contributed by atoms with Crippen LogP contribution in [0.1, 0.15) is 16.2 Å². The van der Waals surface area contributed by atoms with Crippen LogP contribution in [0.4, 0.5) is 0 Å². The molecule has 0 aromatic carbocycles. The number of carbonyl (C=O) groups is 1. The molecule has 2 rings (SSSR count).